The van der Waals surface area contributed by atoms with Gasteiger partial charge in [0.1, 0.15) is 17.6 Å². The fraction of sp³-hybridized carbons (Fsp3) is 0.208. The van der Waals surface area contributed by atoms with E-state index in [4.69, 9.17) is 21.8 Å². The molecule has 2 N–H and O–H groups in total. The summed E-state index contributed by atoms with van der Waals surface area (Å²) in [5.41, 5.74) is 0.442. The minimum atomic E-state index is -1.19. The molecule has 0 atom stereocenters. The molecule has 33 heavy (non-hydrogen) atoms. The summed E-state index contributed by atoms with van der Waals surface area (Å²) in [4.78, 5) is 18.6. The van der Waals surface area contributed by atoms with Gasteiger partial charge in [-0.3, -0.25) is 9.78 Å². The average molecular weight is 472 g/mol. The standard InChI is InChI=1S/C24H23ClFN5O2/c1-4-33-22-12-20-17(11-21(22)30-23(32)6-5-9-31(2)3)24(15(13-27)14-28-20)29-16-7-8-19(26)18(25)10-16/h5-8,10-12,14H,4,9H2,1-3H3,(H,28,29)(H,30,32)/b6-5+/i5D,7D,8D,10D. The van der Waals surface area contributed by atoms with Crippen molar-refractivity contribution in [3.8, 4) is 11.8 Å². The van der Waals surface area contributed by atoms with Gasteiger partial charge in [0.05, 0.1) is 39.6 Å². The molecule has 9 heteroatoms. The lowest BCUT2D eigenvalue weighted by Crippen LogP contribution is -2.13. The Kier molecular flexibility index (Phi) is 6.15. The number of halogens is 2. The maximum absolute atomic E-state index is 14.1. The second kappa shape index (κ2) is 10.8. The predicted octanol–water partition coefficient (Wildman–Crippen LogP) is 5.10. The van der Waals surface area contributed by atoms with Gasteiger partial charge in [-0.15, -0.1) is 0 Å². The van der Waals surface area contributed by atoms with Crippen LogP contribution in [-0.2, 0) is 4.79 Å². The Morgan fingerprint density at radius 3 is 2.94 bits per heavy atom. The van der Waals surface area contributed by atoms with E-state index in [-0.39, 0.29) is 41.8 Å². The number of amides is 1. The summed E-state index contributed by atoms with van der Waals surface area (Å²) in [5, 5.41) is 14.8. The highest BCUT2D eigenvalue weighted by molar-refractivity contribution is 6.31. The first-order valence-corrected chi connectivity index (χ1v) is 10.2. The van der Waals surface area contributed by atoms with E-state index in [9.17, 15) is 14.4 Å². The number of nitrogens with zero attached hydrogens (tertiary/aromatic N) is 3. The van der Waals surface area contributed by atoms with Gasteiger partial charge < -0.3 is 20.3 Å². The number of benzene rings is 2. The van der Waals surface area contributed by atoms with E-state index in [1.54, 1.807) is 32.0 Å². The van der Waals surface area contributed by atoms with Crippen molar-refractivity contribution in [2.75, 3.05) is 37.9 Å². The third kappa shape index (κ3) is 5.98. The van der Waals surface area contributed by atoms with Crippen molar-refractivity contribution in [2.45, 2.75) is 6.92 Å². The van der Waals surface area contributed by atoms with Gasteiger partial charge in [-0.1, -0.05) is 17.7 Å². The Morgan fingerprint density at radius 1 is 1.45 bits per heavy atom. The summed E-state index contributed by atoms with van der Waals surface area (Å²) in [6.45, 7) is 2.30. The van der Waals surface area contributed by atoms with Crippen LogP contribution in [0, 0.1) is 17.1 Å². The fourth-order valence-corrected chi connectivity index (χ4v) is 3.00. The van der Waals surface area contributed by atoms with Crippen LogP contribution in [0.15, 0.2) is 48.6 Å². The molecule has 1 heterocycles. The summed E-state index contributed by atoms with van der Waals surface area (Å²) >= 11 is 5.86. The number of anilines is 3. The molecule has 0 radical (unpaired) electrons. The van der Waals surface area contributed by atoms with Crippen molar-refractivity contribution in [3.05, 3.63) is 65.0 Å². The van der Waals surface area contributed by atoms with Crippen molar-refractivity contribution in [2.24, 2.45) is 0 Å². The number of ether oxygens (including phenoxy) is 1. The number of likely N-dealkylation sites (N-methyl/N-ethyl adjacent to an activating group) is 1. The lowest BCUT2D eigenvalue weighted by molar-refractivity contribution is -0.111. The number of aromatic nitrogens is 1. The minimum absolute atomic E-state index is 0.0269. The first-order valence-electron chi connectivity index (χ1n) is 11.8. The number of carbonyl (C=O) groups excluding carboxylic acids is 1. The summed E-state index contributed by atoms with van der Waals surface area (Å²) in [6.07, 6.45) is 2.41. The summed E-state index contributed by atoms with van der Waals surface area (Å²) < 4.78 is 51.8. The van der Waals surface area contributed by atoms with Crippen LogP contribution in [0.2, 0.25) is 5.02 Å². The molecular weight excluding hydrogens is 445 g/mol. The number of rotatable bonds is 8. The molecule has 1 amide bonds. The molecule has 2 aromatic carbocycles. The highest BCUT2D eigenvalue weighted by Crippen LogP contribution is 2.36. The van der Waals surface area contributed by atoms with Gasteiger partial charge in [0.2, 0.25) is 5.91 Å². The molecule has 0 bridgehead atoms. The van der Waals surface area contributed by atoms with Crippen molar-refractivity contribution in [1.82, 2.24) is 9.88 Å². The zero-order valence-electron chi connectivity index (χ0n) is 22.1. The van der Waals surface area contributed by atoms with Gasteiger partial charge in [-0.05, 0) is 45.2 Å². The molecule has 0 spiro atoms. The summed E-state index contributed by atoms with van der Waals surface area (Å²) in [6, 6.07) is 3.13. The number of hydrogen-bond acceptors (Lipinski definition) is 6. The molecule has 3 rings (SSSR count). The monoisotopic (exact) mass is 471 g/mol. The minimum Gasteiger partial charge on any atom is -0.492 e. The van der Waals surface area contributed by atoms with Crippen LogP contribution >= 0.6 is 11.6 Å². The van der Waals surface area contributed by atoms with E-state index in [1.165, 1.54) is 12.3 Å². The molecule has 0 fully saturated rings. The predicted molar refractivity (Wildman–Crippen MR) is 129 cm³/mol. The number of hydrogen-bond donors (Lipinski definition) is 2. The van der Waals surface area contributed by atoms with Crippen LogP contribution in [0.1, 0.15) is 18.0 Å². The van der Waals surface area contributed by atoms with Crippen molar-refractivity contribution in [1.29, 1.82) is 5.26 Å². The zero-order chi connectivity index (χ0) is 27.4. The molecule has 0 saturated carbocycles. The normalized spacial score (nSPS) is 13.1. The van der Waals surface area contributed by atoms with E-state index < -0.39 is 34.9 Å². The maximum atomic E-state index is 14.1. The highest BCUT2D eigenvalue weighted by Gasteiger charge is 2.15. The average Bonchev–Trinajstić information content (AvgIpc) is 2.84. The van der Waals surface area contributed by atoms with Crippen LogP contribution in [-0.4, -0.2) is 43.0 Å². The Balaban J connectivity index is 2.19. The first-order chi connectivity index (χ1) is 17.5. The third-order valence-corrected chi connectivity index (χ3v) is 4.52. The molecular formula is C24H23ClFN5O2. The van der Waals surface area contributed by atoms with Crippen LogP contribution in [0.3, 0.4) is 0 Å². The van der Waals surface area contributed by atoms with Crippen molar-refractivity contribution in [3.63, 3.8) is 0 Å². The van der Waals surface area contributed by atoms with E-state index in [0.29, 0.717) is 16.7 Å². The smallest absolute Gasteiger partial charge is 0.248 e. The quantitative estimate of drug-likeness (QED) is 0.444. The molecule has 1 aromatic heterocycles. The van der Waals surface area contributed by atoms with E-state index in [1.807, 2.05) is 6.07 Å². The van der Waals surface area contributed by atoms with E-state index in [2.05, 4.69) is 15.6 Å². The number of nitriles is 1. The van der Waals surface area contributed by atoms with Crippen molar-refractivity contribution >= 4 is 45.5 Å². The Bertz CT molecular complexity index is 1430. The number of nitrogens with one attached hydrogen (secondary N) is 2. The van der Waals surface area contributed by atoms with Gasteiger partial charge in [0.15, 0.2) is 0 Å². The largest absolute Gasteiger partial charge is 0.492 e. The topological polar surface area (TPSA) is 90.3 Å². The number of carbonyl (C=O) groups is 1. The lowest BCUT2D eigenvalue weighted by atomic mass is 10.1. The molecule has 7 nitrogen and oxygen atoms in total. The maximum Gasteiger partial charge on any atom is 0.248 e. The lowest BCUT2D eigenvalue weighted by Gasteiger charge is -2.16. The van der Waals surface area contributed by atoms with Crippen LogP contribution in [0.5, 0.6) is 5.75 Å². The Morgan fingerprint density at radius 2 is 2.24 bits per heavy atom. The highest BCUT2D eigenvalue weighted by atomic mass is 35.5. The molecule has 0 saturated heterocycles. The second-order valence-electron chi connectivity index (χ2n) is 7.04. The molecule has 0 aliphatic carbocycles. The molecule has 0 aliphatic rings. The van der Waals surface area contributed by atoms with Crippen LogP contribution < -0.4 is 15.4 Å². The van der Waals surface area contributed by atoms with Crippen LogP contribution in [0.25, 0.3) is 10.9 Å². The Hall–Kier alpha value is -3.67. The SMILES string of the molecule is [2H]/C(=C\C(=O)Nc1cc2c(Nc3c([2H])c([2H])c(F)c(Cl)c3[2H])c(C#N)cnc2cc1OCC)CN(C)C. The van der Waals surface area contributed by atoms with Gasteiger partial charge >= 0.3 is 0 Å². The third-order valence-electron chi connectivity index (χ3n) is 4.26. The molecule has 3 aromatic rings. The summed E-state index contributed by atoms with van der Waals surface area (Å²) in [7, 11) is 3.54. The Labute approximate surface area is 202 Å². The van der Waals surface area contributed by atoms with Gasteiger partial charge in [-0.25, -0.2) is 4.39 Å². The van der Waals surface area contributed by atoms with Gasteiger partial charge in [0, 0.05) is 36.0 Å². The number of pyridine rings is 1. The molecule has 0 aliphatic heterocycles. The molecule has 170 valence electrons. The van der Waals surface area contributed by atoms with Crippen LogP contribution in [0.4, 0.5) is 21.5 Å². The van der Waals surface area contributed by atoms with E-state index in [0.717, 1.165) is 6.08 Å². The summed E-state index contributed by atoms with van der Waals surface area (Å²) in [5.74, 6) is -1.47. The van der Waals surface area contributed by atoms with Gasteiger partial charge in [0.25, 0.3) is 0 Å². The first kappa shape index (κ1) is 18.9. The molecule has 0 unspecified atom stereocenters. The fourth-order valence-electron chi connectivity index (χ4n) is 2.86. The van der Waals surface area contributed by atoms with E-state index >= 15 is 0 Å². The second-order valence-corrected chi connectivity index (χ2v) is 7.41. The number of fused-ring (bicyclic) bond motifs is 1. The van der Waals surface area contributed by atoms with Crippen molar-refractivity contribution < 1.29 is 19.4 Å². The van der Waals surface area contributed by atoms with Gasteiger partial charge in [-0.2, -0.15) is 5.26 Å². The zero-order valence-corrected chi connectivity index (χ0v) is 18.9.